The summed E-state index contributed by atoms with van der Waals surface area (Å²) in [6.07, 6.45) is 9.68. The van der Waals surface area contributed by atoms with Gasteiger partial charge in [0.25, 0.3) is 0 Å². The van der Waals surface area contributed by atoms with Crippen molar-refractivity contribution in [3.63, 3.8) is 0 Å². The molecular weight excluding hydrogens is 299 g/mol. The molecule has 0 aliphatic heterocycles. The molecule has 0 radical (unpaired) electrons. The van der Waals surface area contributed by atoms with Gasteiger partial charge < -0.3 is 9.66 Å². The fourth-order valence-electron chi connectivity index (χ4n) is 2.38. The molecule has 0 saturated carbocycles. The van der Waals surface area contributed by atoms with Crippen molar-refractivity contribution in [3.8, 4) is 0 Å². The van der Waals surface area contributed by atoms with Crippen molar-refractivity contribution in [2.24, 2.45) is 0 Å². The van der Waals surface area contributed by atoms with E-state index in [1.165, 1.54) is 6.42 Å². The molecule has 1 N–H and O–H groups in total. The van der Waals surface area contributed by atoms with Gasteiger partial charge in [0.15, 0.2) is 4.93 Å². The molecule has 0 aromatic carbocycles. The third-order valence-electron chi connectivity index (χ3n) is 3.81. The van der Waals surface area contributed by atoms with Gasteiger partial charge in [0.2, 0.25) is 0 Å². The second-order valence-corrected chi connectivity index (χ2v) is 7.40. The van der Waals surface area contributed by atoms with E-state index in [0.717, 1.165) is 44.9 Å². The maximum Gasteiger partial charge on any atom is 1.00 e. The van der Waals surface area contributed by atoms with Gasteiger partial charge >= 0.3 is 29.6 Å². The number of hydrogen-bond donors (Lipinski definition) is 1. The van der Waals surface area contributed by atoms with Gasteiger partial charge in [-0.3, -0.25) is 0 Å². The topological polar surface area (TPSA) is 77.4 Å². The summed E-state index contributed by atoms with van der Waals surface area (Å²) in [5, 5.41) is 10.1. The molecular formula is C15H31NaO4S. The summed E-state index contributed by atoms with van der Waals surface area (Å²) in [5.41, 5.74) is 0. The maximum atomic E-state index is 11.3. The molecule has 122 valence electrons. The van der Waals surface area contributed by atoms with Gasteiger partial charge in [-0.05, 0) is 25.7 Å². The Bertz CT molecular complexity index is 333. The van der Waals surface area contributed by atoms with Crippen LogP contribution in [0.5, 0.6) is 0 Å². The van der Waals surface area contributed by atoms with E-state index in [4.69, 9.17) is 0 Å². The standard InChI is InChI=1S/C15H32O4S.Na/c1-3-5-7-9-10-12-14-15(16,20(17,18)19)13-11-8-6-4-2;/h16H,3-14H2,1-2H3,(H,17,18,19);/q;+1/p-1. The second kappa shape index (κ2) is 13.3. The Labute approximate surface area is 153 Å². The quantitative estimate of drug-likeness (QED) is 0.310. The van der Waals surface area contributed by atoms with Crippen LogP contribution in [0.3, 0.4) is 0 Å². The molecule has 0 rings (SSSR count). The van der Waals surface area contributed by atoms with E-state index in [1.807, 2.05) is 0 Å². The molecule has 0 aliphatic rings. The van der Waals surface area contributed by atoms with Gasteiger partial charge in [-0.25, -0.2) is 8.42 Å². The summed E-state index contributed by atoms with van der Waals surface area (Å²) in [4.78, 5) is -2.05. The summed E-state index contributed by atoms with van der Waals surface area (Å²) >= 11 is 0. The Morgan fingerprint density at radius 1 is 0.810 bits per heavy atom. The average Bonchev–Trinajstić information content (AvgIpc) is 2.37. The Morgan fingerprint density at radius 3 is 1.52 bits per heavy atom. The van der Waals surface area contributed by atoms with Crippen LogP contribution in [0, 0.1) is 0 Å². The molecule has 0 aliphatic carbocycles. The van der Waals surface area contributed by atoms with Gasteiger partial charge in [-0.1, -0.05) is 65.2 Å². The maximum absolute atomic E-state index is 11.3. The van der Waals surface area contributed by atoms with Crippen LogP contribution in [0.4, 0.5) is 0 Å². The van der Waals surface area contributed by atoms with Gasteiger partial charge in [-0.2, -0.15) is 0 Å². The summed E-state index contributed by atoms with van der Waals surface area (Å²) in [6.45, 7) is 4.20. The molecule has 4 nitrogen and oxygen atoms in total. The molecule has 21 heavy (non-hydrogen) atoms. The van der Waals surface area contributed by atoms with Crippen LogP contribution in [0.1, 0.15) is 90.9 Å². The molecule has 0 heterocycles. The van der Waals surface area contributed by atoms with Crippen LogP contribution < -0.4 is 29.6 Å². The minimum Gasteiger partial charge on any atom is -0.746 e. The van der Waals surface area contributed by atoms with Crippen molar-refractivity contribution in [1.82, 2.24) is 0 Å². The van der Waals surface area contributed by atoms with Crippen LogP contribution in [-0.2, 0) is 10.1 Å². The molecule has 0 amide bonds. The summed E-state index contributed by atoms with van der Waals surface area (Å²) in [6, 6.07) is 0. The van der Waals surface area contributed by atoms with Crippen LogP contribution in [0.25, 0.3) is 0 Å². The molecule has 0 aromatic rings. The third-order valence-corrected chi connectivity index (χ3v) is 5.15. The Kier molecular flexibility index (Phi) is 15.3. The molecule has 0 bridgehead atoms. The predicted octanol–water partition coefficient (Wildman–Crippen LogP) is 0.945. The molecule has 6 heteroatoms. The zero-order chi connectivity index (χ0) is 15.5. The zero-order valence-corrected chi connectivity index (χ0v) is 16.9. The van der Waals surface area contributed by atoms with Crippen molar-refractivity contribution in [1.29, 1.82) is 0 Å². The molecule has 1 atom stereocenters. The van der Waals surface area contributed by atoms with E-state index >= 15 is 0 Å². The number of unbranched alkanes of at least 4 members (excludes halogenated alkanes) is 8. The van der Waals surface area contributed by atoms with E-state index in [9.17, 15) is 18.1 Å². The van der Waals surface area contributed by atoms with E-state index in [0.29, 0.717) is 12.8 Å². The molecule has 0 aromatic heterocycles. The molecule has 0 spiro atoms. The van der Waals surface area contributed by atoms with Gasteiger partial charge in [0, 0.05) is 0 Å². The molecule has 0 fully saturated rings. The SMILES string of the molecule is CCCCCCCCC(O)(CCCCCC)S(=O)(=O)[O-].[Na+]. The van der Waals surface area contributed by atoms with Crippen LogP contribution in [0.15, 0.2) is 0 Å². The van der Waals surface area contributed by atoms with E-state index in [1.54, 1.807) is 0 Å². The monoisotopic (exact) mass is 330 g/mol. The van der Waals surface area contributed by atoms with Crippen LogP contribution in [0.2, 0.25) is 0 Å². The Balaban J connectivity index is 0. The van der Waals surface area contributed by atoms with E-state index in [2.05, 4.69) is 13.8 Å². The fraction of sp³-hybridized carbons (Fsp3) is 1.00. The van der Waals surface area contributed by atoms with Gasteiger partial charge in [0.05, 0.1) is 0 Å². The summed E-state index contributed by atoms with van der Waals surface area (Å²) in [5.74, 6) is 0. The van der Waals surface area contributed by atoms with E-state index < -0.39 is 15.1 Å². The van der Waals surface area contributed by atoms with Crippen molar-refractivity contribution in [2.75, 3.05) is 0 Å². The molecule has 0 saturated heterocycles. The minimum atomic E-state index is -4.64. The largest absolute Gasteiger partial charge is 1.00 e. The zero-order valence-electron chi connectivity index (χ0n) is 14.1. The third kappa shape index (κ3) is 11.1. The normalized spacial score (nSPS) is 14.5. The summed E-state index contributed by atoms with van der Waals surface area (Å²) < 4.78 is 33.8. The van der Waals surface area contributed by atoms with Crippen molar-refractivity contribution in [3.05, 3.63) is 0 Å². The predicted molar refractivity (Wildman–Crippen MR) is 81.4 cm³/mol. The van der Waals surface area contributed by atoms with E-state index in [-0.39, 0.29) is 42.4 Å². The fourth-order valence-corrected chi connectivity index (χ4v) is 3.17. The van der Waals surface area contributed by atoms with Crippen LogP contribution in [-0.4, -0.2) is 23.0 Å². The number of hydrogen-bond acceptors (Lipinski definition) is 4. The Hall–Kier alpha value is 0.870. The number of rotatable bonds is 13. The first-order valence-corrected chi connectivity index (χ1v) is 9.46. The van der Waals surface area contributed by atoms with Crippen molar-refractivity contribution < 1.29 is 47.6 Å². The first kappa shape index (κ1) is 24.1. The smallest absolute Gasteiger partial charge is 0.746 e. The van der Waals surface area contributed by atoms with Crippen molar-refractivity contribution >= 4 is 10.1 Å². The molecule has 1 unspecified atom stereocenters. The minimum absolute atomic E-state index is 0. The Morgan fingerprint density at radius 2 is 1.14 bits per heavy atom. The van der Waals surface area contributed by atoms with Crippen molar-refractivity contribution in [2.45, 2.75) is 95.8 Å². The van der Waals surface area contributed by atoms with Crippen LogP contribution >= 0.6 is 0 Å². The second-order valence-electron chi connectivity index (χ2n) is 5.73. The average molecular weight is 330 g/mol. The van der Waals surface area contributed by atoms with Gasteiger partial charge in [0.1, 0.15) is 10.1 Å². The number of aliphatic hydroxyl groups is 1. The van der Waals surface area contributed by atoms with Gasteiger partial charge in [-0.15, -0.1) is 0 Å². The summed E-state index contributed by atoms with van der Waals surface area (Å²) in [7, 11) is -4.64. The first-order valence-electron chi connectivity index (χ1n) is 8.05. The first-order chi connectivity index (χ1) is 9.37.